The van der Waals surface area contributed by atoms with E-state index in [-0.39, 0.29) is 29.1 Å². The number of hydrogen-bond acceptors (Lipinski definition) is 5. The first-order valence-electron chi connectivity index (χ1n) is 9.57. The lowest BCUT2D eigenvalue weighted by Crippen LogP contribution is -2.32. The van der Waals surface area contributed by atoms with E-state index in [4.69, 9.17) is 5.26 Å². The topological polar surface area (TPSA) is 102 Å². The van der Waals surface area contributed by atoms with Crippen LogP contribution in [0.4, 0.5) is 10.1 Å². The maximum atomic E-state index is 13.6. The van der Waals surface area contributed by atoms with Crippen LogP contribution in [0, 0.1) is 24.1 Å². The molecule has 160 valence electrons. The quantitative estimate of drug-likeness (QED) is 0.593. The number of sulfonamides is 1. The number of rotatable bonds is 9. The molecule has 0 bridgehead atoms. The Bertz CT molecular complexity index is 1060. The van der Waals surface area contributed by atoms with Crippen molar-refractivity contribution in [3.05, 3.63) is 58.9 Å². The standard InChI is InChI=1S/C21H25FN4O3S/c1-4-26(5-2)30(28,29)16-10-9-15(3)17(13-16)21(27)25-12-11-24-20-8-6-7-19(22)18(20)14-23/h6-10,13,24H,4-5,11-12H2,1-3H3,(H,25,27). The number of aryl methyl sites for hydroxylation is 1. The predicted octanol–water partition coefficient (Wildman–Crippen LogP) is 2.88. The van der Waals surface area contributed by atoms with Crippen molar-refractivity contribution < 1.29 is 17.6 Å². The van der Waals surface area contributed by atoms with Gasteiger partial charge in [0.05, 0.1) is 10.6 Å². The van der Waals surface area contributed by atoms with Gasteiger partial charge in [-0.05, 0) is 36.8 Å². The van der Waals surface area contributed by atoms with Crippen molar-refractivity contribution in [3.63, 3.8) is 0 Å². The van der Waals surface area contributed by atoms with Crippen LogP contribution < -0.4 is 10.6 Å². The summed E-state index contributed by atoms with van der Waals surface area (Å²) in [6.45, 7) is 6.38. The first-order valence-corrected chi connectivity index (χ1v) is 11.0. The van der Waals surface area contributed by atoms with Crippen molar-refractivity contribution in [1.82, 2.24) is 9.62 Å². The van der Waals surface area contributed by atoms with Gasteiger partial charge in [-0.15, -0.1) is 0 Å². The van der Waals surface area contributed by atoms with Gasteiger partial charge >= 0.3 is 0 Å². The molecule has 2 rings (SSSR count). The van der Waals surface area contributed by atoms with Gasteiger partial charge in [-0.25, -0.2) is 12.8 Å². The molecule has 30 heavy (non-hydrogen) atoms. The highest BCUT2D eigenvalue weighted by atomic mass is 32.2. The molecule has 0 saturated heterocycles. The molecule has 2 N–H and O–H groups in total. The second-order valence-corrected chi connectivity index (χ2v) is 8.46. The summed E-state index contributed by atoms with van der Waals surface area (Å²) in [7, 11) is -3.67. The van der Waals surface area contributed by atoms with E-state index in [0.717, 1.165) is 0 Å². The molecular weight excluding hydrogens is 407 g/mol. The van der Waals surface area contributed by atoms with Crippen molar-refractivity contribution >= 4 is 21.6 Å². The third kappa shape index (κ3) is 5.14. The number of nitriles is 1. The van der Waals surface area contributed by atoms with Crippen molar-refractivity contribution in [2.45, 2.75) is 25.7 Å². The number of amides is 1. The average molecular weight is 433 g/mol. The molecule has 0 aromatic heterocycles. The molecule has 0 aliphatic heterocycles. The van der Waals surface area contributed by atoms with E-state index < -0.39 is 21.7 Å². The summed E-state index contributed by atoms with van der Waals surface area (Å²) in [6, 6.07) is 10.6. The molecule has 2 aromatic rings. The third-order valence-corrected chi connectivity index (χ3v) is 6.69. The van der Waals surface area contributed by atoms with E-state index >= 15 is 0 Å². The predicted molar refractivity (Wildman–Crippen MR) is 113 cm³/mol. The lowest BCUT2D eigenvalue weighted by atomic mass is 10.1. The van der Waals surface area contributed by atoms with E-state index in [1.807, 2.05) is 0 Å². The van der Waals surface area contributed by atoms with Crippen molar-refractivity contribution in [2.24, 2.45) is 0 Å². The molecule has 0 atom stereocenters. The minimum Gasteiger partial charge on any atom is -0.382 e. The van der Waals surface area contributed by atoms with E-state index in [1.54, 1.807) is 39.0 Å². The molecule has 0 radical (unpaired) electrons. The number of nitrogens with one attached hydrogen (secondary N) is 2. The van der Waals surface area contributed by atoms with Gasteiger partial charge in [0.25, 0.3) is 5.91 Å². The lowest BCUT2D eigenvalue weighted by Gasteiger charge is -2.19. The van der Waals surface area contributed by atoms with Gasteiger partial charge in [0, 0.05) is 31.7 Å². The van der Waals surface area contributed by atoms with Crippen LogP contribution in [0.2, 0.25) is 0 Å². The summed E-state index contributed by atoms with van der Waals surface area (Å²) in [4.78, 5) is 12.7. The SMILES string of the molecule is CCN(CC)S(=O)(=O)c1ccc(C)c(C(=O)NCCNc2cccc(F)c2C#N)c1. The summed E-state index contributed by atoms with van der Waals surface area (Å²) < 4.78 is 40.4. The number of benzene rings is 2. The molecular formula is C21H25FN4O3S. The van der Waals surface area contributed by atoms with Crippen LogP contribution in [0.15, 0.2) is 41.3 Å². The molecule has 2 aromatic carbocycles. The summed E-state index contributed by atoms with van der Waals surface area (Å²) in [5.74, 6) is -1.03. The Morgan fingerprint density at radius 1 is 1.17 bits per heavy atom. The Labute approximate surface area is 176 Å². The zero-order valence-corrected chi connectivity index (χ0v) is 18.0. The lowest BCUT2D eigenvalue weighted by molar-refractivity contribution is 0.0954. The second-order valence-electron chi connectivity index (χ2n) is 6.52. The first-order chi connectivity index (χ1) is 14.3. The largest absolute Gasteiger partial charge is 0.382 e. The van der Waals surface area contributed by atoms with Gasteiger partial charge in [-0.2, -0.15) is 9.57 Å². The number of carbonyl (C=O) groups excluding carboxylic acids is 1. The van der Waals surface area contributed by atoms with E-state index in [0.29, 0.717) is 24.3 Å². The molecule has 1 amide bonds. The first kappa shape index (κ1) is 23.3. The Morgan fingerprint density at radius 2 is 1.87 bits per heavy atom. The number of halogens is 1. The van der Waals surface area contributed by atoms with Crippen molar-refractivity contribution in [3.8, 4) is 6.07 Å². The third-order valence-electron chi connectivity index (χ3n) is 4.65. The van der Waals surface area contributed by atoms with Crippen LogP contribution in [-0.2, 0) is 10.0 Å². The Kier molecular flexibility index (Phi) is 7.92. The summed E-state index contributed by atoms with van der Waals surface area (Å²) in [5, 5.41) is 14.7. The van der Waals surface area contributed by atoms with Crippen LogP contribution in [0.25, 0.3) is 0 Å². The smallest absolute Gasteiger partial charge is 0.251 e. The maximum absolute atomic E-state index is 13.6. The van der Waals surface area contributed by atoms with Gasteiger partial charge in [-0.3, -0.25) is 4.79 Å². The molecule has 0 fully saturated rings. The number of nitrogens with zero attached hydrogens (tertiary/aromatic N) is 2. The maximum Gasteiger partial charge on any atom is 0.251 e. The minimum absolute atomic E-state index is 0.0681. The zero-order chi connectivity index (χ0) is 22.3. The van der Waals surface area contributed by atoms with E-state index in [1.165, 1.54) is 28.6 Å². The molecule has 0 aliphatic rings. The number of carbonyl (C=O) groups is 1. The monoisotopic (exact) mass is 432 g/mol. The molecule has 7 nitrogen and oxygen atoms in total. The fraction of sp³-hybridized carbons (Fsp3) is 0.333. The van der Waals surface area contributed by atoms with Crippen LogP contribution in [0.1, 0.15) is 35.3 Å². The van der Waals surface area contributed by atoms with Gasteiger partial charge < -0.3 is 10.6 Å². The summed E-state index contributed by atoms with van der Waals surface area (Å²) >= 11 is 0. The Balaban J connectivity index is 2.08. The Morgan fingerprint density at radius 3 is 2.50 bits per heavy atom. The van der Waals surface area contributed by atoms with Crippen LogP contribution in [0.5, 0.6) is 0 Å². The highest BCUT2D eigenvalue weighted by Crippen LogP contribution is 2.20. The van der Waals surface area contributed by atoms with Crippen molar-refractivity contribution in [1.29, 1.82) is 5.26 Å². The fourth-order valence-electron chi connectivity index (χ4n) is 2.97. The van der Waals surface area contributed by atoms with Crippen molar-refractivity contribution in [2.75, 3.05) is 31.5 Å². The van der Waals surface area contributed by atoms with E-state index in [2.05, 4.69) is 10.6 Å². The molecule has 0 saturated carbocycles. The molecule has 9 heteroatoms. The van der Waals surface area contributed by atoms with Gasteiger partial charge in [0.1, 0.15) is 17.4 Å². The van der Waals surface area contributed by atoms with Gasteiger partial charge in [-0.1, -0.05) is 26.0 Å². The van der Waals surface area contributed by atoms with Gasteiger partial charge in [0.15, 0.2) is 0 Å². The minimum atomic E-state index is -3.67. The average Bonchev–Trinajstić information content (AvgIpc) is 2.72. The highest BCUT2D eigenvalue weighted by Gasteiger charge is 2.23. The van der Waals surface area contributed by atoms with Crippen LogP contribution in [-0.4, -0.2) is 44.8 Å². The van der Waals surface area contributed by atoms with Crippen LogP contribution in [0.3, 0.4) is 0 Å². The molecule has 0 unspecified atom stereocenters. The summed E-state index contributed by atoms with van der Waals surface area (Å²) in [6.07, 6.45) is 0. The highest BCUT2D eigenvalue weighted by molar-refractivity contribution is 7.89. The molecule has 0 aliphatic carbocycles. The van der Waals surface area contributed by atoms with Gasteiger partial charge in [0.2, 0.25) is 10.0 Å². The Hall–Kier alpha value is -2.96. The fourth-order valence-corrected chi connectivity index (χ4v) is 4.46. The molecule has 0 heterocycles. The van der Waals surface area contributed by atoms with E-state index in [9.17, 15) is 17.6 Å². The molecule has 0 spiro atoms. The zero-order valence-electron chi connectivity index (χ0n) is 17.2. The normalized spacial score (nSPS) is 11.2. The summed E-state index contributed by atoms with van der Waals surface area (Å²) in [5.41, 5.74) is 1.17. The number of hydrogen-bond donors (Lipinski definition) is 2. The number of anilines is 1. The van der Waals surface area contributed by atoms with Crippen LogP contribution >= 0.6 is 0 Å². The second kappa shape index (κ2) is 10.2.